The largest absolute Gasteiger partial charge is 0.465 e. The van der Waals surface area contributed by atoms with Crippen LogP contribution < -0.4 is 10.6 Å². The quantitative estimate of drug-likeness (QED) is 0.717. The van der Waals surface area contributed by atoms with Crippen LogP contribution in [0.1, 0.15) is 30.4 Å². The molecule has 1 fully saturated rings. The smallest absolute Gasteiger partial charge is 0.249 e. The summed E-state index contributed by atoms with van der Waals surface area (Å²) in [5, 5.41) is 7.88. The number of furan rings is 1. The minimum atomic E-state index is -0.342. The molecule has 4 rings (SSSR count). The van der Waals surface area contributed by atoms with E-state index in [-0.39, 0.29) is 17.9 Å². The summed E-state index contributed by atoms with van der Waals surface area (Å²) in [7, 11) is 0. The van der Waals surface area contributed by atoms with Crippen molar-refractivity contribution in [1.29, 1.82) is 0 Å². The number of benzene rings is 1. The number of carbonyl (C=O) groups is 2. The molecule has 0 saturated carbocycles. The molecular formula is C19H19N3O3. The number of imide groups is 1. The van der Waals surface area contributed by atoms with E-state index in [9.17, 15) is 9.59 Å². The Hall–Kier alpha value is -3.02. The third-order valence-corrected chi connectivity index (χ3v) is 4.53. The van der Waals surface area contributed by atoms with Crippen molar-refractivity contribution in [3.05, 3.63) is 54.2 Å². The minimum absolute atomic E-state index is 0.200. The second-order valence-electron chi connectivity index (χ2n) is 6.35. The first-order chi connectivity index (χ1) is 12.1. The summed E-state index contributed by atoms with van der Waals surface area (Å²) in [6.45, 7) is 2.51. The van der Waals surface area contributed by atoms with Gasteiger partial charge in [-0.15, -0.1) is 0 Å². The van der Waals surface area contributed by atoms with Gasteiger partial charge < -0.3 is 14.3 Å². The van der Waals surface area contributed by atoms with Gasteiger partial charge in [0, 0.05) is 35.3 Å². The fourth-order valence-corrected chi connectivity index (χ4v) is 3.25. The lowest BCUT2D eigenvalue weighted by Crippen LogP contribution is -2.41. The second kappa shape index (κ2) is 6.12. The Morgan fingerprint density at radius 3 is 2.88 bits per heavy atom. The minimum Gasteiger partial charge on any atom is -0.465 e. The highest BCUT2D eigenvalue weighted by atomic mass is 16.3. The summed E-state index contributed by atoms with van der Waals surface area (Å²) in [6, 6.07) is 9.55. The first-order valence-corrected chi connectivity index (χ1v) is 8.33. The highest BCUT2D eigenvalue weighted by Gasteiger charge is 2.27. The molecule has 3 aromatic rings. The second-order valence-corrected chi connectivity index (χ2v) is 6.35. The van der Waals surface area contributed by atoms with E-state index < -0.39 is 0 Å². The number of anilines is 1. The van der Waals surface area contributed by atoms with E-state index in [4.69, 9.17) is 4.42 Å². The van der Waals surface area contributed by atoms with Gasteiger partial charge >= 0.3 is 0 Å². The summed E-state index contributed by atoms with van der Waals surface area (Å²) in [5.41, 5.74) is 0.984. The summed E-state index contributed by atoms with van der Waals surface area (Å²) in [5.74, 6) is 1.32. The molecule has 0 spiro atoms. The third kappa shape index (κ3) is 3.03. The van der Waals surface area contributed by atoms with Gasteiger partial charge in [0.1, 0.15) is 17.6 Å². The molecule has 1 aliphatic rings. The van der Waals surface area contributed by atoms with Crippen molar-refractivity contribution in [2.75, 3.05) is 5.32 Å². The van der Waals surface area contributed by atoms with Crippen LogP contribution in [0.5, 0.6) is 0 Å². The number of rotatable bonds is 4. The number of aryl methyl sites for hydroxylation is 1. The molecule has 0 radical (unpaired) electrons. The van der Waals surface area contributed by atoms with Crippen LogP contribution in [0.4, 0.5) is 5.69 Å². The van der Waals surface area contributed by atoms with Gasteiger partial charge in [-0.3, -0.25) is 14.9 Å². The van der Waals surface area contributed by atoms with E-state index in [1.165, 1.54) is 0 Å². The first kappa shape index (κ1) is 15.5. The Morgan fingerprint density at radius 1 is 1.24 bits per heavy atom. The number of hydrogen-bond donors (Lipinski definition) is 2. The SMILES string of the molecule is Cc1ccc(CNc2cccc3cn(C4CCC(=O)NC4=O)cc23)o1. The molecular weight excluding hydrogens is 318 g/mol. The fraction of sp³-hybridized carbons (Fsp3) is 0.263. The lowest BCUT2D eigenvalue weighted by atomic mass is 10.1. The number of piperidine rings is 1. The summed E-state index contributed by atoms with van der Waals surface area (Å²) < 4.78 is 7.49. The van der Waals surface area contributed by atoms with Gasteiger partial charge in [0.15, 0.2) is 0 Å². The normalized spacial score (nSPS) is 17.7. The van der Waals surface area contributed by atoms with E-state index in [1.54, 1.807) is 0 Å². The van der Waals surface area contributed by atoms with Crippen LogP contribution in [0.25, 0.3) is 10.8 Å². The molecule has 6 nitrogen and oxygen atoms in total. The number of hydrogen-bond acceptors (Lipinski definition) is 4. The van der Waals surface area contributed by atoms with Gasteiger partial charge in [-0.25, -0.2) is 0 Å². The van der Waals surface area contributed by atoms with Crippen molar-refractivity contribution in [3.63, 3.8) is 0 Å². The molecule has 0 bridgehead atoms. The van der Waals surface area contributed by atoms with Crippen LogP contribution in [0.3, 0.4) is 0 Å². The van der Waals surface area contributed by atoms with E-state index >= 15 is 0 Å². The number of fused-ring (bicyclic) bond motifs is 1. The van der Waals surface area contributed by atoms with Gasteiger partial charge in [-0.1, -0.05) is 12.1 Å². The third-order valence-electron chi connectivity index (χ3n) is 4.53. The van der Waals surface area contributed by atoms with Crippen molar-refractivity contribution in [2.45, 2.75) is 32.4 Å². The fourth-order valence-electron chi connectivity index (χ4n) is 3.25. The van der Waals surface area contributed by atoms with Gasteiger partial charge in [-0.2, -0.15) is 0 Å². The van der Waals surface area contributed by atoms with Crippen LogP contribution in [0.15, 0.2) is 47.1 Å². The maximum absolute atomic E-state index is 12.1. The van der Waals surface area contributed by atoms with Crippen molar-refractivity contribution in [2.24, 2.45) is 0 Å². The van der Waals surface area contributed by atoms with Gasteiger partial charge in [0.05, 0.1) is 6.54 Å². The number of carbonyl (C=O) groups excluding carboxylic acids is 2. The number of nitrogens with zero attached hydrogens (tertiary/aromatic N) is 1. The molecule has 1 aromatic carbocycles. The van der Waals surface area contributed by atoms with E-state index in [2.05, 4.69) is 10.6 Å². The van der Waals surface area contributed by atoms with E-state index in [0.717, 1.165) is 28.0 Å². The van der Waals surface area contributed by atoms with Crippen molar-refractivity contribution in [1.82, 2.24) is 9.88 Å². The Kier molecular flexibility index (Phi) is 3.80. The van der Waals surface area contributed by atoms with Crippen molar-refractivity contribution in [3.8, 4) is 0 Å². The average molecular weight is 337 g/mol. The summed E-state index contributed by atoms with van der Waals surface area (Å²) >= 11 is 0. The molecule has 2 N–H and O–H groups in total. The zero-order valence-electron chi connectivity index (χ0n) is 13.9. The number of nitrogens with one attached hydrogen (secondary N) is 2. The Balaban J connectivity index is 1.60. The predicted molar refractivity (Wildman–Crippen MR) is 94.1 cm³/mol. The molecule has 1 aliphatic heterocycles. The van der Waals surface area contributed by atoms with E-state index in [0.29, 0.717) is 19.4 Å². The number of aromatic nitrogens is 1. The molecule has 6 heteroatoms. The van der Waals surface area contributed by atoms with Crippen LogP contribution in [0, 0.1) is 6.92 Å². The number of amides is 2. The van der Waals surface area contributed by atoms with Gasteiger partial charge in [0.2, 0.25) is 11.8 Å². The molecule has 1 unspecified atom stereocenters. The van der Waals surface area contributed by atoms with Gasteiger partial charge in [-0.05, 0) is 31.5 Å². The van der Waals surface area contributed by atoms with Crippen LogP contribution >= 0.6 is 0 Å². The Labute approximate surface area is 144 Å². The standard InChI is InChI=1S/C19H19N3O3/c1-12-5-6-14(25-12)9-20-16-4-2-3-13-10-22(11-15(13)16)17-7-8-18(23)21-19(17)24/h2-6,10-11,17,20H,7-9H2,1H3,(H,21,23,24). The van der Waals surface area contributed by atoms with Crippen molar-refractivity contribution >= 4 is 28.3 Å². The lowest BCUT2D eigenvalue weighted by molar-refractivity contribution is -0.135. The highest BCUT2D eigenvalue weighted by molar-refractivity contribution is 6.00. The molecule has 128 valence electrons. The molecule has 2 aromatic heterocycles. The lowest BCUT2D eigenvalue weighted by Gasteiger charge is -2.22. The molecule has 3 heterocycles. The Morgan fingerprint density at radius 2 is 2.12 bits per heavy atom. The molecule has 0 aliphatic carbocycles. The first-order valence-electron chi connectivity index (χ1n) is 8.33. The molecule has 1 atom stereocenters. The maximum Gasteiger partial charge on any atom is 0.249 e. The summed E-state index contributed by atoms with van der Waals surface area (Å²) in [4.78, 5) is 23.4. The monoisotopic (exact) mass is 337 g/mol. The topological polar surface area (TPSA) is 76.3 Å². The summed E-state index contributed by atoms with van der Waals surface area (Å²) in [6.07, 6.45) is 4.82. The zero-order valence-corrected chi connectivity index (χ0v) is 13.9. The van der Waals surface area contributed by atoms with Crippen LogP contribution in [0.2, 0.25) is 0 Å². The van der Waals surface area contributed by atoms with E-state index in [1.807, 2.05) is 54.2 Å². The maximum atomic E-state index is 12.1. The zero-order chi connectivity index (χ0) is 17.4. The van der Waals surface area contributed by atoms with Crippen molar-refractivity contribution < 1.29 is 14.0 Å². The van der Waals surface area contributed by atoms with Gasteiger partial charge in [0.25, 0.3) is 0 Å². The van der Waals surface area contributed by atoms with Crippen LogP contribution in [-0.2, 0) is 16.1 Å². The molecule has 25 heavy (non-hydrogen) atoms. The predicted octanol–water partition coefficient (Wildman–Crippen LogP) is 3.13. The Bertz CT molecular complexity index is 954. The molecule has 1 saturated heterocycles. The average Bonchev–Trinajstić information content (AvgIpc) is 3.19. The highest BCUT2D eigenvalue weighted by Crippen LogP contribution is 2.29. The van der Waals surface area contributed by atoms with Crippen LogP contribution in [-0.4, -0.2) is 16.4 Å². The molecule has 2 amide bonds.